The summed E-state index contributed by atoms with van der Waals surface area (Å²) in [6, 6.07) is 14.0. The third kappa shape index (κ3) is 3.47. The van der Waals surface area contributed by atoms with Gasteiger partial charge in [0.1, 0.15) is 17.2 Å². The van der Waals surface area contributed by atoms with Crippen molar-refractivity contribution in [3.8, 4) is 22.8 Å². The summed E-state index contributed by atoms with van der Waals surface area (Å²) in [5.74, 6) is 0.521. The Morgan fingerprint density at radius 1 is 1.26 bits per heavy atom. The molecule has 3 N–H and O–H groups in total. The number of nitrogens with zero attached hydrogens (tertiary/aromatic N) is 2. The average molecular weight is 380 g/mol. The SMILES string of the molecule is CCOc1ccc2nc(NC(=O)c3cc(-c4ccccc4O)n[nH]3)sc2c1. The number of H-pyrrole nitrogens is 1. The van der Waals surface area contributed by atoms with Crippen LogP contribution in [0.5, 0.6) is 11.5 Å². The Morgan fingerprint density at radius 3 is 2.93 bits per heavy atom. The molecule has 2 heterocycles. The number of hydrogen-bond donors (Lipinski definition) is 3. The van der Waals surface area contributed by atoms with Crippen LogP contribution in [-0.2, 0) is 0 Å². The second-order valence-corrected chi connectivity index (χ2v) is 6.75. The van der Waals surface area contributed by atoms with Gasteiger partial charge in [0, 0.05) is 5.56 Å². The number of para-hydroxylation sites is 1. The Bertz CT molecular complexity index is 1120. The summed E-state index contributed by atoms with van der Waals surface area (Å²) in [7, 11) is 0. The van der Waals surface area contributed by atoms with E-state index in [-0.39, 0.29) is 17.4 Å². The summed E-state index contributed by atoms with van der Waals surface area (Å²) in [5.41, 5.74) is 2.11. The molecular formula is C19H16N4O3S. The molecule has 0 bridgehead atoms. The highest BCUT2D eigenvalue weighted by Crippen LogP contribution is 2.30. The van der Waals surface area contributed by atoms with Crippen LogP contribution in [0.15, 0.2) is 48.5 Å². The van der Waals surface area contributed by atoms with E-state index in [1.165, 1.54) is 11.3 Å². The van der Waals surface area contributed by atoms with Gasteiger partial charge in [-0.1, -0.05) is 23.5 Å². The quantitative estimate of drug-likeness (QED) is 0.485. The van der Waals surface area contributed by atoms with E-state index in [9.17, 15) is 9.90 Å². The maximum absolute atomic E-state index is 12.5. The molecule has 0 atom stereocenters. The number of thiazole rings is 1. The minimum atomic E-state index is -0.353. The van der Waals surface area contributed by atoms with Crippen LogP contribution in [0.1, 0.15) is 17.4 Å². The van der Waals surface area contributed by atoms with E-state index in [4.69, 9.17) is 4.74 Å². The van der Waals surface area contributed by atoms with Gasteiger partial charge in [-0.3, -0.25) is 15.2 Å². The zero-order valence-electron chi connectivity index (χ0n) is 14.4. The normalized spacial score (nSPS) is 10.9. The van der Waals surface area contributed by atoms with E-state index < -0.39 is 0 Å². The topological polar surface area (TPSA) is 100 Å². The molecule has 0 aliphatic rings. The number of carbonyl (C=O) groups excluding carboxylic acids is 1. The Hall–Kier alpha value is -3.39. The van der Waals surface area contributed by atoms with Crippen molar-refractivity contribution in [3.63, 3.8) is 0 Å². The minimum Gasteiger partial charge on any atom is -0.507 e. The van der Waals surface area contributed by atoms with Crippen LogP contribution in [0.3, 0.4) is 0 Å². The molecule has 1 amide bonds. The molecule has 27 heavy (non-hydrogen) atoms. The van der Waals surface area contributed by atoms with Gasteiger partial charge in [0.15, 0.2) is 5.13 Å². The van der Waals surface area contributed by atoms with Crippen molar-refractivity contribution in [2.45, 2.75) is 6.92 Å². The summed E-state index contributed by atoms with van der Waals surface area (Å²) in [4.78, 5) is 16.9. The van der Waals surface area contributed by atoms with E-state index in [1.54, 1.807) is 30.3 Å². The summed E-state index contributed by atoms with van der Waals surface area (Å²) >= 11 is 1.37. The van der Waals surface area contributed by atoms with Crippen molar-refractivity contribution in [2.24, 2.45) is 0 Å². The van der Waals surface area contributed by atoms with Crippen LogP contribution in [0.4, 0.5) is 5.13 Å². The molecule has 136 valence electrons. The highest BCUT2D eigenvalue weighted by atomic mass is 32.1. The van der Waals surface area contributed by atoms with Crippen molar-refractivity contribution >= 4 is 32.6 Å². The smallest absolute Gasteiger partial charge is 0.275 e. The first kappa shape index (κ1) is 17.0. The van der Waals surface area contributed by atoms with E-state index in [2.05, 4.69) is 20.5 Å². The lowest BCUT2D eigenvalue weighted by Gasteiger charge is -2.00. The predicted octanol–water partition coefficient (Wildman–Crippen LogP) is 4.04. The maximum atomic E-state index is 12.5. The Balaban J connectivity index is 1.54. The molecule has 0 spiro atoms. The zero-order valence-corrected chi connectivity index (χ0v) is 15.2. The number of benzene rings is 2. The van der Waals surface area contributed by atoms with Crippen molar-refractivity contribution in [3.05, 3.63) is 54.2 Å². The number of nitrogens with one attached hydrogen (secondary N) is 2. The molecule has 0 saturated carbocycles. The Labute approximate surface area is 158 Å². The molecule has 4 aromatic rings. The fraction of sp³-hybridized carbons (Fsp3) is 0.105. The molecule has 2 aromatic carbocycles. The van der Waals surface area contributed by atoms with Crippen LogP contribution < -0.4 is 10.1 Å². The van der Waals surface area contributed by atoms with Crippen LogP contribution in [0.25, 0.3) is 21.5 Å². The summed E-state index contributed by atoms with van der Waals surface area (Å²) in [6.07, 6.45) is 0. The molecule has 2 aromatic heterocycles. The number of phenols is 1. The van der Waals surface area contributed by atoms with Crippen molar-refractivity contribution < 1.29 is 14.6 Å². The molecule has 8 heteroatoms. The second-order valence-electron chi connectivity index (χ2n) is 5.72. The average Bonchev–Trinajstić information content (AvgIpc) is 3.28. The molecule has 4 rings (SSSR count). The molecular weight excluding hydrogens is 364 g/mol. The molecule has 0 saturated heterocycles. The standard InChI is InChI=1S/C19H16N4O3S/c1-2-26-11-7-8-13-17(9-11)27-19(20-13)21-18(25)15-10-14(22-23-15)12-5-3-4-6-16(12)24/h3-10,24H,2H2,1H3,(H,22,23)(H,20,21,25). The van der Waals surface area contributed by atoms with Crippen LogP contribution in [-0.4, -0.2) is 32.8 Å². The van der Waals surface area contributed by atoms with E-state index in [1.807, 2.05) is 25.1 Å². The lowest BCUT2D eigenvalue weighted by Crippen LogP contribution is -2.11. The summed E-state index contributed by atoms with van der Waals surface area (Å²) in [5, 5.41) is 20.0. The number of phenolic OH excluding ortho intramolecular Hbond substituents is 1. The zero-order chi connectivity index (χ0) is 18.8. The first-order valence-electron chi connectivity index (χ1n) is 8.32. The van der Waals surface area contributed by atoms with Crippen molar-refractivity contribution in [1.82, 2.24) is 15.2 Å². The van der Waals surface area contributed by atoms with E-state index in [0.29, 0.717) is 23.0 Å². The summed E-state index contributed by atoms with van der Waals surface area (Å²) < 4.78 is 6.41. The number of ether oxygens (including phenoxy) is 1. The number of aromatic nitrogens is 3. The van der Waals surface area contributed by atoms with Crippen molar-refractivity contribution in [2.75, 3.05) is 11.9 Å². The Kier molecular flexibility index (Phi) is 4.47. The molecule has 0 aliphatic carbocycles. The van der Waals surface area contributed by atoms with Crippen LogP contribution in [0, 0.1) is 0 Å². The Morgan fingerprint density at radius 2 is 2.11 bits per heavy atom. The van der Waals surface area contributed by atoms with Gasteiger partial charge in [-0.2, -0.15) is 5.10 Å². The largest absolute Gasteiger partial charge is 0.507 e. The van der Waals surface area contributed by atoms with Gasteiger partial charge in [-0.05, 0) is 43.3 Å². The fourth-order valence-electron chi connectivity index (χ4n) is 2.65. The predicted molar refractivity (Wildman–Crippen MR) is 104 cm³/mol. The van der Waals surface area contributed by atoms with Gasteiger partial charge in [-0.15, -0.1) is 0 Å². The number of rotatable bonds is 5. The van der Waals surface area contributed by atoms with Gasteiger partial charge >= 0.3 is 0 Å². The first-order chi connectivity index (χ1) is 13.1. The summed E-state index contributed by atoms with van der Waals surface area (Å²) in [6.45, 7) is 2.52. The van der Waals surface area contributed by atoms with E-state index >= 15 is 0 Å². The molecule has 7 nitrogen and oxygen atoms in total. The number of hydrogen-bond acceptors (Lipinski definition) is 6. The lowest BCUT2D eigenvalue weighted by atomic mass is 10.1. The molecule has 0 unspecified atom stereocenters. The molecule has 0 fully saturated rings. The van der Waals surface area contributed by atoms with Gasteiger partial charge in [-0.25, -0.2) is 4.98 Å². The third-order valence-electron chi connectivity index (χ3n) is 3.89. The first-order valence-corrected chi connectivity index (χ1v) is 9.14. The fourth-order valence-corrected chi connectivity index (χ4v) is 3.53. The van der Waals surface area contributed by atoms with E-state index in [0.717, 1.165) is 16.0 Å². The van der Waals surface area contributed by atoms with Crippen molar-refractivity contribution in [1.29, 1.82) is 0 Å². The maximum Gasteiger partial charge on any atom is 0.275 e. The minimum absolute atomic E-state index is 0.104. The number of anilines is 1. The number of amides is 1. The highest BCUT2D eigenvalue weighted by Gasteiger charge is 2.15. The number of aromatic hydroxyl groups is 1. The van der Waals surface area contributed by atoms with Gasteiger partial charge in [0.05, 0.1) is 22.5 Å². The van der Waals surface area contributed by atoms with Crippen LogP contribution >= 0.6 is 11.3 Å². The highest BCUT2D eigenvalue weighted by molar-refractivity contribution is 7.22. The number of aromatic amines is 1. The monoisotopic (exact) mass is 380 g/mol. The second kappa shape index (κ2) is 7.08. The lowest BCUT2D eigenvalue weighted by molar-refractivity contribution is 0.102. The number of carbonyl (C=O) groups is 1. The number of fused-ring (bicyclic) bond motifs is 1. The molecule has 0 radical (unpaired) electrons. The van der Waals surface area contributed by atoms with Crippen LogP contribution in [0.2, 0.25) is 0 Å². The van der Waals surface area contributed by atoms with Gasteiger partial charge in [0.2, 0.25) is 0 Å². The third-order valence-corrected chi connectivity index (χ3v) is 4.83. The van der Waals surface area contributed by atoms with Gasteiger partial charge < -0.3 is 9.84 Å². The van der Waals surface area contributed by atoms with Gasteiger partial charge in [0.25, 0.3) is 5.91 Å². The molecule has 0 aliphatic heterocycles.